The number of carbonyl (C=O) groups is 1. The number of thiazole rings is 1. The fourth-order valence-corrected chi connectivity index (χ4v) is 3.18. The smallest absolute Gasteiger partial charge is 0.326 e. The summed E-state index contributed by atoms with van der Waals surface area (Å²) in [4.78, 5) is 21.0. The lowest BCUT2D eigenvalue weighted by Crippen LogP contribution is -2.20. The molecule has 7 heteroatoms. The molecule has 3 rings (SSSR count). The molecule has 0 bridgehead atoms. The van der Waals surface area contributed by atoms with Crippen molar-refractivity contribution in [3.05, 3.63) is 53.5 Å². The Labute approximate surface area is 156 Å². The van der Waals surface area contributed by atoms with Crippen molar-refractivity contribution in [2.24, 2.45) is 0 Å². The largest absolute Gasteiger partial charge is 0.497 e. The van der Waals surface area contributed by atoms with Crippen LogP contribution in [0.4, 0.5) is 16.4 Å². The molecule has 0 aliphatic rings. The van der Waals surface area contributed by atoms with Crippen LogP contribution in [-0.2, 0) is 6.42 Å². The van der Waals surface area contributed by atoms with Gasteiger partial charge in [-0.1, -0.05) is 31.5 Å². The molecule has 0 radical (unpaired) electrons. The first-order valence-corrected chi connectivity index (χ1v) is 9.20. The Morgan fingerprint density at radius 1 is 1.12 bits per heavy atom. The van der Waals surface area contributed by atoms with E-state index in [0.717, 1.165) is 34.9 Å². The van der Waals surface area contributed by atoms with E-state index in [0.29, 0.717) is 11.6 Å². The Morgan fingerprint density at radius 3 is 2.73 bits per heavy atom. The molecule has 2 amide bonds. The van der Waals surface area contributed by atoms with E-state index in [1.807, 2.05) is 36.4 Å². The molecule has 0 aliphatic carbocycles. The number of pyridine rings is 1. The molecule has 0 unspecified atom stereocenters. The quantitative estimate of drug-likeness (QED) is 0.655. The highest BCUT2D eigenvalue weighted by atomic mass is 32.1. The second-order valence-corrected chi connectivity index (χ2v) is 6.47. The first-order chi connectivity index (χ1) is 12.7. The van der Waals surface area contributed by atoms with Crippen LogP contribution in [0.2, 0.25) is 0 Å². The third-order valence-electron chi connectivity index (χ3n) is 3.62. The fraction of sp³-hybridized carbons (Fsp3) is 0.211. The molecule has 1 aromatic carbocycles. The number of hydrogen-bond donors (Lipinski definition) is 2. The van der Waals surface area contributed by atoms with E-state index in [9.17, 15) is 4.79 Å². The molecule has 2 N–H and O–H groups in total. The molecule has 0 fully saturated rings. The molecule has 0 aliphatic heterocycles. The van der Waals surface area contributed by atoms with Gasteiger partial charge in [0.15, 0.2) is 0 Å². The zero-order chi connectivity index (χ0) is 18.4. The zero-order valence-corrected chi connectivity index (χ0v) is 15.5. The van der Waals surface area contributed by atoms with Crippen molar-refractivity contribution in [3.63, 3.8) is 0 Å². The summed E-state index contributed by atoms with van der Waals surface area (Å²) >= 11 is 1.45. The highest BCUT2D eigenvalue weighted by Gasteiger charge is 2.09. The standard InChI is InChI=1S/C19H20N4O2S/c1-3-6-14-8-5-10-16(20-14)22-19(24)23-17-12-26-18(21-17)13-7-4-9-15(11-13)25-2/h4-5,7-12H,3,6H2,1-2H3,(H2,20,22,23,24). The number of benzene rings is 1. The number of ether oxygens (including phenoxy) is 1. The van der Waals surface area contributed by atoms with Crippen LogP contribution in [0, 0.1) is 0 Å². The highest BCUT2D eigenvalue weighted by Crippen LogP contribution is 2.28. The van der Waals surface area contributed by atoms with Crippen molar-refractivity contribution in [1.29, 1.82) is 0 Å². The first-order valence-electron chi connectivity index (χ1n) is 8.32. The van der Waals surface area contributed by atoms with Gasteiger partial charge >= 0.3 is 6.03 Å². The van der Waals surface area contributed by atoms with Gasteiger partial charge in [-0.15, -0.1) is 11.3 Å². The minimum Gasteiger partial charge on any atom is -0.497 e. The molecule has 6 nitrogen and oxygen atoms in total. The summed E-state index contributed by atoms with van der Waals surface area (Å²) in [5.74, 6) is 1.79. The van der Waals surface area contributed by atoms with Crippen molar-refractivity contribution in [3.8, 4) is 16.3 Å². The predicted octanol–water partition coefficient (Wildman–Crippen LogP) is 4.81. The number of anilines is 2. The molecule has 0 saturated heterocycles. The van der Waals surface area contributed by atoms with E-state index in [1.165, 1.54) is 11.3 Å². The van der Waals surface area contributed by atoms with E-state index in [4.69, 9.17) is 4.74 Å². The van der Waals surface area contributed by atoms with E-state index < -0.39 is 0 Å². The van der Waals surface area contributed by atoms with Crippen LogP contribution in [0.5, 0.6) is 5.75 Å². The van der Waals surface area contributed by atoms with Crippen LogP contribution < -0.4 is 15.4 Å². The van der Waals surface area contributed by atoms with E-state index in [1.54, 1.807) is 18.6 Å². The number of aromatic nitrogens is 2. The molecule has 0 atom stereocenters. The highest BCUT2D eigenvalue weighted by molar-refractivity contribution is 7.13. The van der Waals surface area contributed by atoms with Crippen molar-refractivity contribution in [1.82, 2.24) is 9.97 Å². The Kier molecular flexibility index (Phi) is 5.80. The van der Waals surface area contributed by atoms with E-state index in [-0.39, 0.29) is 6.03 Å². The summed E-state index contributed by atoms with van der Waals surface area (Å²) in [5.41, 5.74) is 1.90. The molecule has 0 spiro atoms. The Hall–Kier alpha value is -2.93. The number of amides is 2. The second kappa shape index (κ2) is 8.44. The summed E-state index contributed by atoms with van der Waals surface area (Å²) in [6.45, 7) is 2.09. The number of hydrogen-bond acceptors (Lipinski definition) is 5. The van der Waals surface area contributed by atoms with Crippen molar-refractivity contribution < 1.29 is 9.53 Å². The topological polar surface area (TPSA) is 76.1 Å². The number of carbonyl (C=O) groups excluding carboxylic acids is 1. The SMILES string of the molecule is CCCc1cccc(NC(=O)Nc2csc(-c3cccc(OC)c3)n2)n1. The van der Waals surface area contributed by atoms with E-state index in [2.05, 4.69) is 27.5 Å². The average molecular weight is 368 g/mol. The monoisotopic (exact) mass is 368 g/mol. The number of aryl methyl sites for hydroxylation is 1. The lowest BCUT2D eigenvalue weighted by atomic mass is 10.2. The van der Waals surface area contributed by atoms with Crippen LogP contribution in [0.15, 0.2) is 47.8 Å². The normalized spacial score (nSPS) is 10.4. The van der Waals surface area contributed by atoms with Crippen molar-refractivity contribution in [2.75, 3.05) is 17.7 Å². The first kappa shape index (κ1) is 17.9. The van der Waals surface area contributed by atoms with Gasteiger partial charge in [0.1, 0.15) is 22.4 Å². The molecular weight excluding hydrogens is 348 g/mol. The van der Waals surface area contributed by atoms with Gasteiger partial charge in [0.05, 0.1) is 7.11 Å². The number of nitrogens with zero attached hydrogens (tertiary/aromatic N) is 2. The summed E-state index contributed by atoms with van der Waals surface area (Å²) in [6.07, 6.45) is 1.89. The minimum absolute atomic E-state index is 0.367. The molecule has 2 heterocycles. The van der Waals surface area contributed by atoms with Gasteiger partial charge in [0, 0.05) is 16.6 Å². The number of rotatable bonds is 6. The van der Waals surface area contributed by atoms with E-state index >= 15 is 0 Å². The lowest BCUT2D eigenvalue weighted by Gasteiger charge is -2.06. The summed E-state index contributed by atoms with van der Waals surface area (Å²) in [5, 5.41) is 8.09. The zero-order valence-electron chi connectivity index (χ0n) is 14.7. The predicted molar refractivity (Wildman–Crippen MR) is 105 cm³/mol. The van der Waals surface area contributed by atoms with Crippen molar-refractivity contribution in [2.45, 2.75) is 19.8 Å². The number of urea groups is 1. The van der Waals surface area contributed by atoms with Crippen LogP contribution in [0.1, 0.15) is 19.0 Å². The third kappa shape index (κ3) is 4.58. The molecular formula is C19H20N4O2S. The van der Waals surface area contributed by atoms with Gasteiger partial charge in [-0.3, -0.25) is 10.6 Å². The lowest BCUT2D eigenvalue weighted by molar-refractivity contribution is 0.262. The molecule has 134 valence electrons. The maximum absolute atomic E-state index is 12.2. The summed E-state index contributed by atoms with van der Waals surface area (Å²) in [6, 6.07) is 12.9. The van der Waals surface area contributed by atoms with Gasteiger partial charge in [0.25, 0.3) is 0 Å². The number of nitrogens with one attached hydrogen (secondary N) is 2. The van der Waals surface area contributed by atoms with Gasteiger partial charge in [-0.2, -0.15) is 0 Å². The fourth-order valence-electron chi connectivity index (χ4n) is 2.43. The molecule has 2 aromatic heterocycles. The van der Waals surface area contributed by atoms with Gasteiger partial charge in [0.2, 0.25) is 0 Å². The maximum Gasteiger partial charge on any atom is 0.326 e. The van der Waals surface area contributed by atoms with Gasteiger partial charge in [-0.05, 0) is 30.7 Å². The third-order valence-corrected chi connectivity index (χ3v) is 4.51. The van der Waals surface area contributed by atoms with Crippen molar-refractivity contribution >= 4 is 29.0 Å². The number of methoxy groups -OCH3 is 1. The average Bonchev–Trinajstić information content (AvgIpc) is 3.10. The summed E-state index contributed by atoms with van der Waals surface area (Å²) in [7, 11) is 1.63. The Morgan fingerprint density at radius 2 is 1.92 bits per heavy atom. The Bertz CT molecular complexity index is 895. The Balaban J connectivity index is 1.65. The van der Waals surface area contributed by atoms with Crippen LogP contribution in [-0.4, -0.2) is 23.1 Å². The molecule has 3 aromatic rings. The van der Waals surface area contributed by atoms with Gasteiger partial charge < -0.3 is 4.74 Å². The van der Waals surface area contributed by atoms with Gasteiger partial charge in [-0.25, -0.2) is 14.8 Å². The molecule has 0 saturated carbocycles. The maximum atomic E-state index is 12.2. The minimum atomic E-state index is -0.367. The molecule has 26 heavy (non-hydrogen) atoms. The summed E-state index contributed by atoms with van der Waals surface area (Å²) < 4.78 is 5.23. The van der Waals surface area contributed by atoms with Crippen LogP contribution in [0.25, 0.3) is 10.6 Å². The second-order valence-electron chi connectivity index (χ2n) is 5.61. The van der Waals surface area contributed by atoms with Crippen LogP contribution in [0.3, 0.4) is 0 Å². The van der Waals surface area contributed by atoms with Crippen LogP contribution >= 0.6 is 11.3 Å².